The van der Waals surface area contributed by atoms with Gasteiger partial charge >= 0.3 is 0 Å². The summed E-state index contributed by atoms with van der Waals surface area (Å²) in [4.78, 5) is 17.9. The molecule has 1 amide bonds. The minimum absolute atomic E-state index is 0.0576. The number of hydrogen-bond acceptors (Lipinski definition) is 3. The molecule has 1 atom stereocenters. The summed E-state index contributed by atoms with van der Waals surface area (Å²) >= 11 is 5.05. The Morgan fingerprint density at radius 1 is 1.38 bits per heavy atom. The van der Waals surface area contributed by atoms with Gasteiger partial charge in [-0.1, -0.05) is 46.3 Å². The molecule has 4 nitrogen and oxygen atoms in total. The molecule has 0 bridgehead atoms. The Morgan fingerprint density at radius 2 is 2.21 bits per heavy atom. The standard InChI is InChI=1S/C18H20BrN3OS/c19-14-8-6-13(7-9-14)12-17(23)20-10-3-11-21-18-15-4-1-2-5-16(15)24-22-18/h1-2,5-9,15H,3-4,10-12H2,(H,20,23)(H,21,22). The fourth-order valence-electron chi connectivity index (χ4n) is 2.64. The third-order valence-electron chi connectivity index (χ3n) is 3.93. The maximum Gasteiger partial charge on any atom is 0.224 e. The average molecular weight is 406 g/mol. The van der Waals surface area contributed by atoms with Crippen LogP contribution in [0.5, 0.6) is 0 Å². The second-order valence-corrected chi connectivity index (χ2v) is 7.56. The molecule has 1 aromatic rings. The number of fused-ring (bicyclic) bond motifs is 1. The number of amidine groups is 1. The third-order valence-corrected chi connectivity index (χ3v) is 5.43. The lowest BCUT2D eigenvalue weighted by Gasteiger charge is -2.10. The molecule has 1 aliphatic heterocycles. The molecule has 1 saturated heterocycles. The predicted molar refractivity (Wildman–Crippen MR) is 104 cm³/mol. The number of nitrogens with one attached hydrogen (secondary N) is 2. The number of benzene rings is 1. The van der Waals surface area contributed by atoms with E-state index in [9.17, 15) is 4.79 Å². The number of hydrogen-bond donors (Lipinski definition) is 2. The summed E-state index contributed by atoms with van der Waals surface area (Å²) in [6.07, 6.45) is 8.72. The van der Waals surface area contributed by atoms with Gasteiger partial charge in [0.15, 0.2) is 0 Å². The molecule has 0 spiro atoms. The average Bonchev–Trinajstić information content (AvgIpc) is 3.00. The van der Waals surface area contributed by atoms with Crippen molar-refractivity contribution in [2.24, 2.45) is 10.9 Å². The van der Waals surface area contributed by atoms with E-state index >= 15 is 0 Å². The minimum atomic E-state index is 0.0576. The van der Waals surface area contributed by atoms with Crippen molar-refractivity contribution in [2.45, 2.75) is 19.3 Å². The normalized spacial score (nSPS) is 20.5. The summed E-state index contributed by atoms with van der Waals surface area (Å²) in [6.45, 7) is 1.39. The highest BCUT2D eigenvalue weighted by Crippen LogP contribution is 2.35. The van der Waals surface area contributed by atoms with Crippen molar-refractivity contribution in [3.05, 3.63) is 57.4 Å². The highest BCUT2D eigenvalue weighted by Gasteiger charge is 2.28. The highest BCUT2D eigenvalue weighted by atomic mass is 79.9. The summed E-state index contributed by atoms with van der Waals surface area (Å²) in [5.74, 6) is 1.53. The van der Waals surface area contributed by atoms with Crippen LogP contribution in [0.1, 0.15) is 18.4 Å². The van der Waals surface area contributed by atoms with E-state index in [-0.39, 0.29) is 5.91 Å². The van der Waals surface area contributed by atoms with Gasteiger partial charge in [-0.15, -0.1) is 0 Å². The Bertz CT molecular complexity index is 682. The zero-order valence-electron chi connectivity index (χ0n) is 13.3. The lowest BCUT2D eigenvalue weighted by Crippen LogP contribution is -2.26. The Balaban J connectivity index is 1.36. The van der Waals surface area contributed by atoms with Gasteiger partial charge in [0.25, 0.3) is 0 Å². The van der Waals surface area contributed by atoms with Gasteiger partial charge in [-0.2, -0.15) is 0 Å². The summed E-state index contributed by atoms with van der Waals surface area (Å²) in [5, 5.41) is 2.96. The molecule has 0 radical (unpaired) electrons. The van der Waals surface area contributed by atoms with Crippen LogP contribution in [0.3, 0.4) is 0 Å². The summed E-state index contributed by atoms with van der Waals surface area (Å²) < 4.78 is 4.33. The largest absolute Gasteiger partial charge is 0.356 e. The van der Waals surface area contributed by atoms with E-state index < -0.39 is 0 Å². The molecule has 24 heavy (non-hydrogen) atoms. The first-order chi connectivity index (χ1) is 11.7. The number of nitrogens with zero attached hydrogens (tertiary/aromatic N) is 1. The van der Waals surface area contributed by atoms with Crippen LogP contribution in [0, 0.1) is 5.92 Å². The van der Waals surface area contributed by atoms with Gasteiger partial charge in [0.2, 0.25) is 5.91 Å². The van der Waals surface area contributed by atoms with E-state index in [1.807, 2.05) is 24.3 Å². The van der Waals surface area contributed by atoms with Crippen molar-refractivity contribution < 1.29 is 4.79 Å². The number of amides is 1. The van der Waals surface area contributed by atoms with E-state index in [4.69, 9.17) is 0 Å². The van der Waals surface area contributed by atoms with Gasteiger partial charge in [0.1, 0.15) is 5.84 Å². The molecule has 126 valence electrons. The molecular formula is C18H20BrN3OS. The van der Waals surface area contributed by atoms with E-state index in [0.29, 0.717) is 18.9 Å². The second-order valence-electron chi connectivity index (χ2n) is 5.76. The van der Waals surface area contributed by atoms with E-state index in [1.165, 1.54) is 4.91 Å². The number of carbonyl (C=O) groups is 1. The number of allylic oxidation sites excluding steroid dienone is 3. The fraction of sp³-hybridized carbons (Fsp3) is 0.333. The molecule has 3 rings (SSSR count). The zero-order chi connectivity index (χ0) is 16.8. The van der Waals surface area contributed by atoms with Gasteiger partial charge in [-0.05, 0) is 42.5 Å². The van der Waals surface area contributed by atoms with E-state index in [0.717, 1.165) is 35.3 Å². The van der Waals surface area contributed by atoms with Crippen LogP contribution in [-0.4, -0.2) is 24.8 Å². The minimum Gasteiger partial charge on any atom is -0.356 e. The summed E-state index contributed by atoms with van der Waals surface area (Å²) in [6, 6.07) is 7.83. The smallest absolute Gasteiger partial charge is 0.224 e. The van der Waals surface area contributed by atoms with E-state index in [1.54, 1.807) is 11.9 Å². The topological polar surface area (TPSA) is 53.5 Å². The zero-order valence-corrected chi connectivity index (χ0v) is 15.7. The Morgan fingerprint density at radius 3 is 3.04 bits per heavy atom. The van der Waals surface area contributed by atoms with Crippen molar-refractivity contribution in [1.82, 2.24) is 10.0 Å². The molecule has 1 aliphatic carbocycles. The lowest BCUT2D eigenvalue weighted by atomic mass is 10.00. The molecule has 1 fully saturated rings. The van der Waals surface area contributed by atoms with Crippen molar-refractivity contribution in [3.63, 3.8) is 0 Å². The van der Waals surface area contributed by atoms with Gasteiger partial charge in [-0.25, -0.2) is 0 Å². The fourth-order valence-corrected chi connectivity index (χ4v) is 3.83. The number of carbonyl (C=O) groups excluding carboxylic acids is 1. The van der Waals surface area contributed by atoms with Crippen LogP contribution in [0.15, 0.2) is 56.9 Å². The number of halogens is 1. The maximum absolute atomic E-state index is 11.9. The van der Waals surface area contributed by atoms with Gasteiger partial charge in [0, 0.05) is 22.5 Å². The molecule has 1 heterocycles. The van der Waals surface area contributed by atoms with Gasteiger partial charge < -0.3 is 10.0 Å². The second kappa shape index (κ2) is 8.53. The highest BCUT2D eigenvalue weighted by molar-refractivity contribution is 9.10. The number of rotatable bonds is 6. The molecular weight excluding hydrogens is 386 g/mol. The van der Waals surface area contributed by atoms with Crippen LogP contribution in [0.25, 0.3) is 0 Å². The van der Waals surface area contributed by atoms with E-state index in [2.05, 4.69) is 49.2 Å². The monoisotopic (exact) mass is 405 g/mol. The molecule has 6 heteroatoms. The summed E-state index contributed by atoms with van der Waals surface area (Å²) in [7, 11) is 0. The first kappa shape index (κ1) is 17.3. The first-order valence-corrected chi connectivity index (χ1v) is 9.68. The van der Waals surface area contributed by atoms with Crippen molar-refractivity contribution in [2.75, 3.05) is 13.1 Å². The van der Waals surface area contributed by atoms with Crippen LogP contribution in [0.2, 0.25) is 0 Å². The maximum atomic E-state index is 11.9. The molecule has 0 saturated carbocycles. The molecule has 1 unspecified atom stereocenters. The van der Waals surface area contributed by atoms with Crippen LogP contribution in [-0.2, 0) is 11.2 Å². The number of aliphatic imine (C=N–C) groups is 1. The van der Waals surface area contributed by atoms with Crippen LogP contribution in [0.4, 0.5) is 0 Å². The Labute approximate surface area is 155 Å². The van der Waals surface area contributed by atoms with Crippen molar-refractivity contribution in [1.29, 1.82) is 0 Å². The lowest BCUT2D eigenvalue weighted by molar-refractivity contribution is -0.120. The predicted octanol–water partition coefficient (Wildman–Crippen LogP) is 3.61. The molecule has 2 aliphatic rings. The van der Waals surface area contributed by atoms with Crippen LogP contribution >= 0.6 is 27.9 Å². The molecule has 1 aromatic carbocycles. The third kappa shape index (κ3) is 4.74. The first-order valence-electron chi connectivity index (χ1n) is 8.07. The van der Waals surface area contributed by atoms with Gasteiger partial charge in [-0.3, -0.25) is 9.79 Å². The summed E-state index contributed by atoms with van der Waals surface area (Å²) in [5.41, 5.74) is 1.02. The SMILES string of the molecule is O=C(Cc1ccc(Br)cc1)NCCCN=C1NSC2=CC=CCC21. The molecule has 2 N–H and O–H groups in total. The van der Waals surface area contributed by atoms with Crippen LogP contribution < -0.4 is 10.0 Å². The quantitative estimate of drug-likeness (QED) is 0.561. The van der Waals surface area contributed by atoms with Crippen molar-refractivity contribution >= 4 is 39.6 Å². The molecule has 0 aromatic heterocycles. The Hall–Kier alpha value is -1.53. The van der Waals surface area contributed by atoms with Crippen molar-refractivity contribution in [3.8, 4) is 0 Å². The van der Waals surface area contributed by atoms with Gasteiger partial charge in [0.05, 0.1) is 12.3 Å². The Kier molecular flexibility index (Phi) is 6.15.